The van der Waals surface area contributed by atoms with Gasteiger partial charge >= 0.3 is 0 Å². The Morgan fingerprint density at radius 2 is 1.50 bits per heavy atom. The molecule has 6 nitrogen and oxygen atoms in total. The minimum absolute atomic E-state index is 0.0138. The van der Waals surface area contributed by atoms with Gasteiger partial charge in [-0.05, 0) is 49.4 Å². The molecule has 0 spiro atoms. The van der Waals surface area contributed by atoms with Gasteiger partial charge in [-0.2, -0.15) is 0 Å². The van der Waals surface area contributed by atoms with E-state index in [1.807, 2.05) is 36.4 Å². The molecule has 1 aromatic heterocycles. The molecule has 0 radical (unpaired) electrons. The third-order valence-corrected chi connectivity index (χ3v) is 5.33. The molecule has 6 heteroatoms. The number of aromatic nitrogens is 1. The molecular weight excluding hydrogens is 354 g/mol. The fraction of sp³-hybridized carbons (Fsp3) is 0.409. The summed E-state index contributed by atoms with van der Waals surface area (Å²) in [6.45, 7) is 0.968. The van der Waals surface area contributed by atoms with Crippen molar-refractivity contribution in [3.63, 3.8) is 0 Å². The number of ether oxygens (including phenoxy) is 1. The Hall–Kier alpha value is -2.89. The first-order chi connectivity index (χ1) is 13.7. The summed E-state index contributed by atoms with van der Waals surface area (Å²) < 4.78 is 5.32. The van der Waals surface area contributed by atoms with Crippen LogP contribution in [-0.4, -0.2) is 23.9 Å². The number of amides is 2. The topological polar surface area (TPSA) is 80.3 Å². The summed E-state index contributed by atoms with van der Waals surface area (Å²) >= 11 is 0. The fourth-order valence-corrected chi connectivity index (χ4v) is 3.63. The zero-order chi connectivity index (χ0) is 19.8. The second-order valence-electron chi connectivity index (χ2n) is 7.15. The van der Waals surface area contributed by atoms with E-state index in [1.165, 1.54) is 0 Å². The fourth-order valence-electron chi connectivity index (χ4n) is 3.63. The number of hydrogen-bond donors (Lipinski definition) is 2. The van der Waals surface area contributed by atoms with E-state index in [-0.39, 0.29) is 23.7 Å². The van der Waals surface area contributed by atoms with Crippen LogP contribution >= 0.6 is 0 Å². The summed E-state index contributed by atoms with van der Waals surface area (Å²) in [7, 11) is 1.63. The normalized spacial score (nSPS) is 18.9. The van der Waals surface area contributed by atoms with E-state index in [1.54, 1.807) is 19.5 Å². The van der Waals surface area contributed by atoms with Gasteiger partial charge in [0, 0.05) is 42.9 Å². The Kier molecular flexibility index (Phi) is 7.00. The van der Waals surface area contributed by atoms with Gasteiger partial charge in [-0.1, -0.05) is 18.2 Å². The van der Waals surface area contributed by atoms with Gasteiger partial charge in [0.25, 0.3) is 0 Å². The second kappa shape index (κ2) is 9.88. The van der Waals surface area contributed by atoms with Crippen molar-refractivity contribution >= 4 is 11.8 Å². The highest BCUT2D eigenvalue weighted by Gasteiger charge is 2.29. The zero-order valence-corrected chi connectivity index (χ0v) is 16.2. The standard InChI is InChI=1S/C22H27N3O3/c1-28-20-5-3-2-4-19(20)15-25-22(27)18-8-6-17(7-9-18)21(26)24-14-16-10-12-23-13-11-16/h2-5,10-13,17-18H,6-9,14-15H2,1H3,(H,24,26)(H,25,27). The quantitative estimate of drug-likeness (QED) is 0.773. The third-order valence-electron chi connectivity index (χ3n) is 5.33. The van der Waals surface area contributed by atoms with Gasteiger partial charge in [0.1, 0.15) is 5.75 Å². The van der Waals surface area contributed by atoms with Crippen LogP contribution in [0.4, 0.5) is 0 Å². The Morgan fingerprint density at radius 1 is 0.929 bits per heavy atom. The molecule has 1 saturated carbocycles. The number of rotatable bonds is 7. The number of methoxy groups -OCH3 is 1. The predicted molar refractivity (Wildman–Crippen MR) is 106 cm³/mol. The van der Waals surface area contributed by atoms with Crippen molar-refractivity contribution in [2.75, 3.05) is 7.11 Å². The van der Waals surface area contributed by atoms with E-state index < -0.39 is 0 Å². The number of pyridine rings is 1. The molecule has 28 heavy (non-hydrogen) atoms. The summed E-state index contributed by atoms with van der Waals surface area (Å²) in [6, 6.07) is 11.5. The summed E-state index contributed by atoms with van der Waals surface area (Å²) in [5, 5.41) is 6.00. The van der Waals surface area contributed by atoms with Crippen LogP contribution in [0.25, 0.3) is 0 Å². The van der Waals surface area contributed by atoms with Crippen molar-refractivity contribution in [1.29, 1.82) is 0 Å². The van der Waals surface area contributed by atoms with Crippen LogP contribution in [0.2, 0.25) is 0 Å². The van der Waals surface area contributed by atoms with E-state index in [9.17, 15) is 9.59 Å². The number of hydrogen-bond acceptors (Lipinski definition) is 4. The zero-order valence-electron chi connectivity index (χ0n) is 16.2. The molecule has 1 aliphatic carbocycles. The van der Waals surface area contributed by atoms with Crippen molar-refractivity contribution in [2.45, 2.75) is 38.8 Å². The molecule has 1 aliphatic rings. The minimum Gasteiger partial charge on any atom is -0.496 e. The van der Waals surface area contributed by atoms with Crippen LogP contribution in [0, 0.1) is 11.8 Å². The number of benzene rings is 1. The van der Waals surface area contributed by atoms with Gasteiger partial charge < -0.3 is 15.4 Å². The predicted octanol–water partition coefficient (Wildman–Crippen LogP) is 2.83. The van der Waals surface area contributed by atoms with Gasteiger partial charge in [0.05, 0.1) is 7.11 Å². The van der Waals surface area contributed by atoms with Crippen LogP contribution in [-0.2, 0) is 22.7 Å². The molecule has 3 rings (SSSR count). The van der Waals surface area contributed by atoms with Crippen LogP contribution in [0.1, 0.15) is 36.8 Å². The van der Waals surface area contributed by atoms with Crippen LogP contribution in [0.5, 0.6) is 5.75 Å². The summed E-state index contributed by atoms with van der Waals surface area (Å²) in [5.74, 6) is 0.864. The van der Waals surface area contributed by atoms with Gasteiger partial charge in [-0.25, -0.2) is 0 Å². The molecule has 148 valence electrons. The number of carbonyl (C=O) groups excluding carboxylic acids is 2. The summed E-state index contributed by atoms with van der Waals surface area (Å²) in [4.78, 5) is 28.9. The number of carbonyl (C=O) groups is 2. The number of nitrogens with one attached hydrogen (secondary N) is 2. The maximum Gasteiger partial charge on any atom is 0.223 e. The summed E-state index contributed by atoms with van der Waals surface area (Å²) in [6.07, 6.45) is 6.41. The molecule has 0 atom stereocenters. The first kappa shape index (κ1) is 19.9. The van der Waals surface area contributed by atoms with Crippen LogP contribution in [0.15, 0.2) is 48.8 Å². The molecule has 2 aromatic rings. The highest BCUT2D eigenvalue weighted by molar-refractivity contribution is 5.81. The van der Waals surface area contributed by atoms with Crippen molar-refractivity contribution in [3.05, 3.63) is 59.9 Å². The molecule has 1 heterocycles. The van der Waals surface area contributed by atoms with E-state index in [2.05, 4.69) is 15.6 Å². The molecule has 1 aromatic carbocycles. The van der Waals surface area contributed by atoms with Gasteiger partial charge in [0.15, 0.2) is 0 Å². The van der Waals surface area contributed by atoms with E-state index in [4.69, 9.17) is 4.74 Å². The van der Waals surface area contributed by atoms with Crippen molar-refractivity contribution < 1.29 is 14.3 Å². The lowest BCUT2D eigenvalue weighted by atomic mass is 9.81. The Labute approximate surface area is 165 Å². The molecule has 0 unspecified atom stereocenters. The average molecular weight is 381 g/mol. The largest absolute Gasteiger partial charge is 0.496 e. The first-order valence-electron chi connectivity index (χ1n) is 9.73. The van der Waals surface area contributed by atoms with Crippen LogP contribution in [0.3, 0.4) is 0 Å². The highest BCUT2D eigenvalue weighted by Crippen LogP contribution is 2.29. The van der Waals surface area contributed by atoms with E-state index >= 15 is 0 Å². The lowest BCUT2D eigenvalue weighted by Gasteiger charge is -2.27. The third kappa shape index (κ3) is 5.31. The number of para-hydroxylation sites is 1. The molecule has 1 fully saturated rings. The second-order valence-corrected chi connectivity index (χ2v) is 7.15. The lowest BCUT2D eigenvalue weighted by molar-refractivity contribution is -0.130. The monoisotopic (exact) mass is 381 g/mol. The average Bonchev–Trinajstić information content (AvgIpc) is 2.76. The SMILES string of the molecule is COc1ccccc1CNC(=O)C1CCC(C(=O)NCc2ccncc2)CC1. The molecular formula is C22H27N3O3. The molecule has 0 bridgehead atoms. The Morgan fingerprint density at radius 3 is 2.11 bits per heavy atom. The van der Waals surface area contributed by atoms with Gasteiger partial charge in [0.2, 0.25) is 11.8 Å². The first-order valence-corrected chi connectivity index (χ1v) is 9.73. The highest BCUT2D eigenvalue weighted by atomic mass is 16.5. The minimum atomic E-state index is -0.0287. The molecule has 0 saturated heterocycles. The van der Waals surface area contributed by atoms with Gasteiger partial charge in [-0.15, -0.1) is 0 Å². The smallest absolute Gasteiger partial charge is 0.223 e. The molecule has 0 aliphatic heterocycles. The van der Waals surface area contributed by atoms with E-state index in [0.717, 1.165) is 42.6 Å². The molecule has 2 N–H and O–H groups in total. The van der Waals surface area contributed by atoms with Crippen molar-refractivity contribution in [2.24, 2.45) is 11.8 Å². The van der Waals surface area contributed by atoms with Crippen molar-refractivity contribution in [3.8, 4) is 5.75 Å². The van der Waals surface area contributed by atoms with E-state index in [0.29, 0.717) is 13.1 Å². The van der Waals surface area contributed by atoms with Gasteiger partial charge in [-0.3, -0.25) is 14.6 Å². The Balaban J connectivity index is 1.41. The maximum absolute atomic E-state index is 12.5. The van der Waals surface area contributed by atoms with Crippen LogP contribution < -0.4 is 15.4 Å². The van der Waals surface area contributed by atoms with Crippen molar-refractivity contribution in [1.82, 2.24) is 15.6 Å². The lowest BCUT2D eigenvalue weighted by Crippen LogP contribution is -2.37. The Bertz CT molecular complexity index is 787. The molecule has 2 amide bonds. The number of nitrogens with zero attached hydrogens (tertiary/aromatic N) is 1. The summed E-state index contributed by atoms with van der Waals surface area (Å²) in [5.41, 5.74) is 2.00. The maximum atomic E-state index is 12.5.